The molecule has 1 atom stereocenters. The minimum Gasteiger partial charge on any atom is -0.376 e. The SMILES string of the molecule is C=C/C=C(\C=C)N(CC)C(=O)c1ccc(C(C)(O)C(F)(F)F)cc1. The van der Waals surface area contributed by atoms with Crippen LogP contribution >= 0.6 is 0 Å². The Balaban J connectivity index is 3.16. The van der Waals surface area contributed by atoms with Gasteiger partial charge >= 0.3 is 6.18 Å². The molecule has 0 bridgehead atoms. The molecule has 24 heavy (non-hydrogen) atoms. The van der Waals surface area contributed by atoms with E-state index in [1.54, 1.807) is 13.0 Å². The molecule has 6 heteroatoms. The lowest BCUT2D eigenvalue weighted by atomic mass is 9.94. The van der Waals surface area contributed by atoms with E-state index >= 15 is 0 Å². The number of amides is 1. The van der Waals surface area contributed by atoms with Gasteiger partial charge in [-0.3, -0.25) is 4.79 Å². The molecular formula is C18H20F3NO2. The largest absolute Gasteiger partial charge is 0.421 e. The summed E-state index contributed by atoms with van der Waals surface area (Å²) in [6.45, 7) is 9.98. The van der Waals surface area contributed by atoms with Crippen LogP contribution in [0, 0.1) is 0 Å². The lowest BCUT2D eigenvalue weighted by molar-refractivity contribution is -0.258. The first kappa shape index (κ1) is 19.7. The van der Waals surface area contributed by atoms with E-state index in [-0.39, 0.29) is 17.0 Å². The van der Waals surface area contributed by atoms with Gasteiger partial charge in [-0.1, -0.05) is 31.4 Å². The summed E-state index contributed by atoms with van der Waals surface area (Å²) in [6.07, 6.45) is -0.198. The van der Waals surface area contributed by atoms with Crippen LogP contribution < -0.4 is 0 Å². The van der Waals surface area contributed by atoms with Gasteiger partial charge in [-0.05, 0) is 43.7 Å². The van der Waals surface area contributed by atoms with E-state index in [2.05, 4.69) is 13.2 Å². The molecule has 0 fully saturated rings. The van der Waals surface area contributed by atoms with Crippen molar-refractivity contribution in [2.45, 2.75) is 25.6 Å². The molecule has 0 aromatic heterocycles. The molecule has 1 aromatic rings. The highest BCUT2D eigenvalue weighted by molar-refractivity contribution is 5.95. The molecule has 0 aliphatic rings. The Morgan fingerprint density at radius 1 is 1.25 bits per heavy atom. The fourth-order valence-corrected chi connectivity index (χ4v) is 2.09. The van der Waals surface area contributed by atoms with E-state index in [9.17, 15) is 23.1 Å². The molecule has 0 aliphatic carbocycles. The summed E-state index contributed by atoms with van der Waals surface area (Å²) in [7, 11) is 0. The predicted octanol–water partition coefficient (Wildman–Crippen LogP) is 4.17. The van der Waals surface area contributed by atoms with Crippen LogP contribution in [-0.4, -0.2) is 28.6 Å². The number of hydrogen-bond acceptors (Lipinski definition) is 2. The molecule has 130 valence electrons. The van der Waals surface area contributed by atoms with Crippen molar-refractivity contribution in [2.75, 3.05) is 6.54 Å². The first-order valence-electron chi connectivity index (χ1n) is 7.26. The van der Waals surface area contributed by atoms with Crippen LogP contribution in [0.2, 0.25) is 0 Å². The normalized spacial score (nSPS) is 14.7. The zero-order chi connectivity index (χ0) is 18.5. The third kappa shape index (κ3) is 3.94. The van der Waals surface area contributed by atoms with Gasteiger partial charge in [0.1, 0.15) is 0 Å². The third-order valence-electron chi connectivity index (χ3n) is 3.62. The second-order valence-electron chi connectivity index (χ2n) is 5.23. The van der Waals surface area contributed by atoms with E-state index in [0.29, 0.717) is 19.2 Å². The van der Waals surface area contributed by atoms with Crippen LogP contribution in [0.25, 0.3) is 0 Å². The monoisotopic (exact) mass is 339 g/mol. The van der Waals surface area contributed by atoms with Crippen LogP contribution in [0.4, 0.5) is 13.2 Å². The molecular weight excluding hydrogens is 319 g/mol. The summed E-state index contributed by atoms with van der Waals surface area (Å²) in [4.78, 5) is 13.9. The summed E-state index contributed by atoms with van der Waals surface area (Å²) in [5.74, 6) is -0.385. The van der Waals surface area contributed by atoms with E-state index in [1.807, 2.05) is 0 Å². The molecule has 3 nitrogen and oxygen atoms in total. The van der Waals surface area contributed by atoms with Crippen LogP contribution in [0.5, 0.6) is 0 Å². The highest BCUT2D eigenvalue weighted by Gasteiger charge is 2.51. The second-order valence-corrected chi connectivity index (χ2v) is 5.23. The summed E-state index contributed by atoms with van der Waals surface area (Å²) in [6, 6.07) is 4.71. The minimum atomic E-state index is -4.81. The molecule has 0 aliphatic heterocycles. The van der Waals surface area contributed by atoms with Crippen molar-refractivity contribution in [3.8, 4) is 0 Å². The number of halogens is 3. The molecule has 0 heterocycles. The van der Waals surface area contributed by atoms with E-state index in [1.165, 1.54) is 29.2 Å². The first-order valence-corrected chi connectivity index (χ1v) is 7.26. The molecule has 1 amide bonds. The third-order valence-corrected chi connectivity index (χ3v) is 3.62. The van der Waals surface area contributed by atoms with Crippen molar-refractivity contribution >= 4 is 5.91 Å². The number of nitrogens with zero attached hydrogens (tertiary/aromatic N) is 1. The Morgan fingerprint density at radius 3 is 2.17 bits per heavy atom. The van der Waals surface area contributed by atoms with Gasteiger partial charge in [-0.25, -0.2) is 0 Å². The van der Waals surface area contributed by atoms with Crippen molar-refractivity contribution in [3.63, 3.8) is 0 Å². The number of hydrogen-bond donors (Lipinski definition) is 1. The van der Waals surface area contributed by atoms with Crippen molar-refractivity contribution in [1.82, 2.24) is 4.90 Å². The average Bonchev–Trinajstić information content (AvgIpc) is 2.53. The molecule has 0 radical (unpaired) electrons. The number of rotatable bonds is 6. The molecule has 0 saturated carbocycles. The Bertz CT molecular complexity index is 643. The van der Waals surface area contributed by atoms with Gasteiger partial charge in [0.05, 0.1) is 0 Å². The van der Waals surface area contributed by atoms with Gasteiger partial charge in [0, 0.05) is 17.8 Å². The smallest absolute Gasteiger partial charge is 0.376 e. The topological polar surface area (TPSA) is 40.5 Å². The van der Waals surface area contributed by atoms with Crippen LogP contribution in [0.15, 0.2) is 61.3 Å². The zero-order valence-electron chi connectivity index (χ0n) is 13.6. The Morgan fingerprint density at radius 2 is 1.79 bits per heavy atom. The van der Waals surface area contributed by atoms with Gasteiger partial charge in [-0.2, -0.15) is 13.2 Å². The number of carbonyl (C=O) groups excluding carboxylic acids is 1. The first-order chi connectivity index (χ1) is 11.1. The van der Waals surface area contributed by atoms with Crippen molar-refractivity contribution in [1.29, 1.82) is 0 Å². The maximum atomic E-state index is 12.8. The Kier molecular flexibility index (Phi) is 6.15. The highest BCUT2D eigenvalue weighted by atomic mass is 19.4. The Hall–Kier alpha value is -2.34. The van der Waals surface area contributed by atoms with Gasteiger partial charge in [0.2, 0.25) is 0 Å². The highest BCUT2D eigenvalue weighted by Crippen LogP contribution is 2.38. The minimum absolute atomic E-state index is 0.204. The number of likely N-dealkylation sites (N-methyl/N-ethyl adjacent to an activating group) is 1. The van der Waals surface area contributed by atoms with Crippen molar-refractivity contribution in [3.05, 3.63) is 72.5 Å². The number of allylic oxidation sites excluding steroid dienone is 3. The van der Waals surface area contributed by atoms with E-state index < -0.39 is 11.8 Å². The quantitative estimate of drug-likeness (QED) is 0.790. The molecule has 1 N–H and O–H groups in total. The second kappa shape index (κ2) is 7.49. The molecule has 1 rings (SSSR count). The molecule has 0 spiro atoms. The number of carbonyl (C=O) groups is 1. The molecule has 0 saturated heterocycles. The fourth-order valence-electron chi connectivity index (χ4n) is 2.09. The van der Waals surface area contributed by atoms with E-state index in [4.69, 9.17) is 0 Å². The zero-order valence-corrected chi connectivity index (χ0v) is 13.6. The van der Waals surface area contributed by atoms with Crippen molar-refractivity contribution in [2.24, 2.45) is 0 Å². The number of alkyl halides is 3. The standard InChI is InChI=1S/C18H20F3NO2/c1-5-8-15(6-2)22(7-3)16(23)13-9-11-14(12-10-13)17(4,24)18(19,20)21/h5-6,8-12,24H,1-2,7H2,3-4H3/b15-8+. The summed E-state index contributed by atoms with van der Waals surface area (Å²) in [5, 5.41) is 9.65. The van der Waals surface area contributed by atoms with Crippen molar-refractivity contribution < 1.29 is 23.1 Å². The van der Waals surface area contributed by atoms with Crippen LogP contribution in [0.3, 0.4) is 0 Å². The molecule has 1 aromatic carbocycles. The van der Waals surface area contributed by atoms with Gasteiger partial charge in [0.15, 0.2) is 5.60 Å². The Labute approximate surface area is 139 Å². The van der Waals surface area contributed by atoms with Gasteiger partial charge < -0.3 is 10.0 Å². The number of benzene rings is 1. The van der Waals surface area contributed by atoms with Crippen LogP contribution in [0.1, 0.15) is 29.8 Å². The fraction of sp³-hybridized carbons (Fsp3) is 0.278. The maximum Gasteiger partial charge on any atom is 0.421 e. The lowest BCUT2D eigenvalue weighted by Crippen LogP contribution is -2.39. The van der Waals surface area contributed by atoms with Gasteiger partial charge in [-0.15, -0.1) is 0 Å². The summed E-state index contributed by atoms with van der Waals surface area (Å²) in [5.41, 5.74) is -2.58. The predicted molar refractivity (Wildman–Crippen MR) is 87.3 cm³/mol. The molecule has 1 unspecified atom stereocenters. The number of aliphatic hydroxyl groups is 1. The van der Waals surface area contributed by atoms with Crippen LogP contribution in [-0.2, 0) is 5.60 Å². The summed E-state index contributed by atoms with van der Waals surface area (Å²) < 4.78 is 38.5. The lowest BCUT2D eigenvalue weighted by Gasteiger charge is -2.27. The summed E-state index contributed by atoms with van der Waals surface area (Å²) >= 11 is 0. The maximum absolute atomic E-state index is 12.8. The average molecular weight is 339 g/mol. The van der Waals surface area contributed by atoms with Gasteiger partial charge in [0.25, 0.3) is 5.91 Å². The van der Waals surface area contributed by atoms with E-state index in [0.717, 1.165) is 12.1 Å².